The van der Waals surface area contributed by atoms with Gasteiger partial charge in [-0.15, -0.1) is 0 Å². The lowest BCUT2D eigenvalue weighted by Crippen LogP contribution is -2.15. The molecule has 0 spiro atoms. The van der Waals surface area contributed by atoms with Crippen molar-refractivity contribution in [3.8, 4) is 0 Å². The summed E-state index contributed by atoms with van der Waals surface area (Å²) in [7, 11) is 0. The fraction of sp³-hybridized carbons (Fsp3) is 0. The maximum Gasteiger partial charge on any atom is 0.297 e. The number of carbonyl (C=O) groups excluding carboxylic acids is 1. The van der Waals surface area contributed by atoms with Crippen molar-refractivity contribution in [3.05, 3.63) is 74.2 Å². The number of nitro groups is 1. The van der Waals surface area contributed by atoms with Crippen LogP contribution in [-0.2, 0) is 0 Å². The summed E-state index contributed by atoms with van der Waals surface area (Å²) in [6.45, 7) is 0. The third-order valence-electron chi connectivity index (χ3n) is 2.36. The van der Waals surface area contributed by atoms with E-state index in [1.807, 2.05) is 0 Å². The molecule has 2 aromatic rings. The average Bonchev–Trinajstić information content (AvgIpc) is 2.38. The van der Waals surface area contributed by atoms with E-state index in [0.29, 0.717) is 0 Å². The molecule has 1 aromatic carbocycles. The molecule has 0 bridgehead atoms. The van der Waals surface area contributed by atoms with Crippen LogP contribution in [0.5, 0.6) is 0 Å². The molecule has 0 atom stereocenters. The van der Waals surface area contributed by atoms with Gasteiger partial charge in [0.2, 0.25) is 11.3 Å². The van der Waals surface area contributed by atoms with E-state index in [2.05, 4.69) is 4.98 Å². The monoisotopic (exact) mass is 244 g/mol. The molecule has 18 heavy (non-hydrogen) atoms. The van der Waals surface area contributed by atoms with Crippen molar-refractivity contribution in [2.24, 2.45) is 0 Å². The van der Waals surface area contributed by atoms with Crippen LogP contribution in [-0.4, -0.2) is 15.7 Å². The van der Waals surface area contributed by atoms with E-state index in [0.717, 1.165) is 12.1 Å². The number of hydrogen-bond donors (Lipinski definition) is 1. The molecule has 6 heteroatoms. The van der Waals surface area contributed by atoms with E-state index in [4.69, 9.17) is 0 Å². The maximum absolute atomic E-state index is 12.0. The summed E-state index contributed by atoms with van der Waals surface area (Å²) >= 11 is 0. The number of hydrogen-bond acceptors (Lipinski definition) is 4. The van der Waals surface area contributed by atoms with Crippen molar-refractivity contribution in [2.45, 2.75) is 0 Å². The normalized spacial score (nSPS) is 10.0. The summed E-state index contributed by atoms with van der Waals surface area (Å²) in [5.41, 5.74) is -0.996. The topological polar surface area (TPSA) is 93.1 Å². The Kier molecular flexibility index (Phi) is 3.01. The minimum absolute atomic E-state index is 0.280. The minimum atomic E-state index is -0.702. The first-order chi connectivity index (χ1) is 8.59. The highest BCUT2D eigenvalue weighted by atomic mass is 16.6. The number of benzene rings is 1. The third kappa shape index (κ3) is 2.17. The van der Waals surface area contributed by atoms with Crippen LogP contribution in [0.25, 0.3) is 0 Å². The van der Waals surface area contributed by atoms with Crippen LogP contribution < -0.4 is 5.56 Å². The van der Waals surface area contributed by atoms with E-state index < -0.39 is 22.0 Å². The summed E-state index contributed by atoms with van der Waals surface area (Å²) in [4.78, 5) is 35.5. The van der Waals surface area contributed by atoms with Gasteiger partial charge < -0.3 is 4.98 Å². The molecule has 0 saturated carbocycles. The van der Waals surface area contributed by atoms with E-state index in [9.17, 15) is 19.7 Å². The van der Waals surface area contributed by atoms with Crippen LogP contribution in [0.3, 0.4) is 0 Å². The van der Waals surface area contributed by atoms with Gasteiger partial charge in [-0.05, 0) is 0 Å². The first-order valence-electron chi connectivity index (χ1n) is 5.07. The zero-order chi connectivity index (χ0) is 13.1. The van der Waals surface area contributed by atoms with Crippen molar-refractivity contribution in [3.63, 3.8) is 0 Å². The molecule has 6 nitrogen and oxygen atoms in total. The van der Waals surface area contributed by atoms with E-state index in [1.54, 1.807) is 18.2 Å². The number of H-pyrrole nitrogens is 1. The number of nitrogens with zero attached hydrogens (tertiary/aromatic N) is 1. The zero-order valence-corrected chi connectivity index (χ0v) is 9.12. The van der Waals surface area contributed by atoms with E-state index in [1.165, 1.54) is 12.1 Å². The van der Waals surface area contributed by atoms with Gasteiger partial charge >= 0.3 is 0 Å². The average molecular weight is 244 g/mol. The lowest BCUT2D eigenvalue weighted by molar-refractivity contribution is -0.385. The number of ketones is 1. The van der Waals surface area contributed by atoms with Crippen LogP contribution in [0, 0.1) is 10.1 Å². The molecular weight excluding hydrogens is 236 g/mol. The van der Waals surface area contributed by atoms with Crippen molar-refractivity contribution in [2.75, 3.05) is 0 Å². The number of aromatic nitrogens is 1. The first kappa shape index (κ1) is 11.7. The van der Waals surface area contributed by atoms with Gasteiger partial charge in [-0.1, -0.05) is 30.3 Å². The van der Waals surface area contributed by atoms with Crippen LogP contribution in [0.1, 0.15) is 16.1 Å². The smallest absolute Gasteiger partial charge is 0.297 e. The highest BCUT2D eigenvalue weighted by Crippen LogP contribution is 2.17. The second-order valence-corrected chi connectivity index (χ2v) is 3.54. The Bertz CT molecular complexity index is 661. The molecule has 0 aliphatic rings. The molecule has 0 amide bonds. The predicted octanol–water partition coefficient (Wildman–Crippen LogP) is 1.51. The first-order valence-corrected chi connectivity index (χ1v) is 5.07. The van der Waals surface area contributed by atoms with Crippen LogP contribution >= 0.6 is 0 Å². The summed E-state index contributed by atoms with van der Waals surface area (Å²) in [5, 5.41) is 10.8. The zero-order valence-electron chi connectivity index (χ0n) is 9.12. The maximum atomic E-state index is 12.0. The van der Waals surface area contributed by atoms with Crippen molar-refractivity contribution >= 4 is 11.5 Å². The van der Waals surface area contributed by atoms with Gasteiger partial charge in [0.25, 0.3) is 5.69 Å². The van der Waals surface area contributed by atoms with Crippen LogP contribution in [0.15, 0.2) is 47.3 Å². The lowest BCUT2D eigenvalue weighted by atomic mass is 10.1. The molecule has 0 fully saturated rings. The summed E-state index contributed by atoms with van der Waals surface area (Å²) in [6.07, 6.45) is 0. The fourth-order valence-electron chi connectivity index (χ4n) is 1.53. The molecular formula is C12H8N2O4. The molecule has 1 heterocycles. The van der Waals surface area contributed by atoms with Crippen molar-refractivity contribution in [1.29, 1.82) is 0 Å². The second-order valence-electron chi connectivity index (χ2n) is 3.54. The Balaban J connectivity index is 2.57. The molecule has 1 N–H and O–H groups in total. The predicted molar refractivity (Wildman–Crippen MR) is 63.6 cm³/mol. The molecule has 0 saturated heterocycles. The van der Waals surface area contributed by atoms with Gasteiger partial charge in [0.05, 0.1) is 4.92 Å². The van der Waals surface area contributed by atoms with E-state index in [-0.39, 0.29) is 11.3 Å². The molecule has 0 aliphatic carbocycles. The fourth-order valence-corrected chi connectivity index (χ4v) is 1.53. The van der Waals surface area contributed by atoms with Gasteiger partial charge in [-0.2, -0.15) is 0 Å². The Labute approximate surface area is 101 Å². The number of nitrogens with one attached hydrogen (secondary N) is 1. The Hall–Kier alpha value is -2.76. The van der Waals surface area contributed by atoms with Gasteiger partial charge in [-0.3, -0.25) is 19.7 Å². The van der Waals surface area contributed by atoms with Gasteiger partial charge in [0.1, 0.15) is 0 Å². The standard InChI is InChI=1S/C12H8N2O4/c15-10-7-6-9(14(17)18)11(13-10)12(16)8-4-2-1-3-5-8/h1-7H,(H,13,15). The molecule has 90 valence electrons. The molecule has 0 unspecified atom stereocenters. The Morgan fingerprint density at radius 1 is 1.11 bits per heavy atom. The number of aromatic amines is 1. The second kappa shape index (κ2) is 4.62. The molecule has 2 rings (SSSR count). The highest BCUT2D eigenvalue weighted by Gasteiger charge is 2.22. The van der Waals surface area contributed by atoms with Crippen molar-refractivity contribution < 1.29 is 9.72 Å². The van der Waals surface area contributed by atoms with Gasteiger partial charge in [-0.25, -0.2) is 0 Å². The molecule has 0 aliphatic heterocycles. The highest BCUT2D eigenvalue weighted by molar-refractivity contribution is 6.10. The largest absolute Gasteiger partial charge is 0.313 e. The number of rotatable bonds is 3. The van der Waals surface area contributed by atoms with Crippen LogP contribution in [0.2, 0.25) is 0 Å². The SMILES string of the molecule is O=C(c1ccccc1)c1[nH]c(=O)ccc1[N+](=O)[O-]. The lowest BCUT2D eigenvalue weighted by Gasteiger charge is -2.01. The third-order valence-corrected chi connectivity index (χ3v) is 2.36. The minimum Gasteiger partial charge on any atom is -0.313 e. The number of pyridine rings is 1. The Morgan fingerprint density at radius 2 is 1.78 bits per heavy atom. The van der Waals surface area contributed by atoms with Gasteiger partial charge in [0.15, 0.2) is 5.69 Å². The molecule has 0 radical (unpaired) electrons. The summed E-state index contributed by atoms with van der Waals surface area (Å²) in [5.74, 6) is -0.583. The van der Waals surface area contributed by atoms with Crippen molar-refractivity contribution in [1.82, 2.24) is 4.98 Å². The van der Waals surface area contributed by atoms with E-state index >= 15 is 0 Å². The summed E-state index contributed by atoms with van der Waals surface area (Å²) in [6, 6.07) is 10.1. The quantitative estimate of drug-likeness (QED) is 0.503. The molecule has 1 aromatic heterocycles. The Morgan fingerprint density at radius 3 is 2.39 bits per heavy atom. The van der Waals surface area contributed by atoms with Crippen LogP contribution in [0.4, 0.5) is 5.69 Å². The number of carbonyl (C=O) groups is 1. The van der Waals surface area contributed by atoms with Gasteiger partial charge in [0, 0.05) is 17.7 Å². The summed E-state index contributed by atoms with van der Waals surface area (Å²) < 4.78 is 0.